The first-order valence-electron chi connectivity index (χ1n) is 6.34. The first-order valence-corrected chi connectivity index (χ1v) is 6.34. The van der Waals surface area contributed by atoms with Gasteiger partial charge < -0.3 is 0 Å². The van der Waals surface area contributed by atoms with Crippen LogP contribution in [0.4, 0.5) is 9.18 Å². The highest BCUT2D eigenvalue weighted by molar-refractivity contribution is 6.28. The maximum Gasteiger partial charge on any atom is 0.331 e. The van der Waals surface area contributed by atoms with Crippen molar-refractivity contribution in [1.82, 2.24) is 10.2 Å². The molecule has 1 aliphatic heterocycles. The average Bonchev–Trinajstić information content (AvgIpc) is 2.44. The van der Waals surface area contributed by atoms with Crippen molar-refractivity contribution in [1.29, 1.82) is 0 Å². The van der Waals surface area contributed by atoms with Crippen LogP contribution in [0, 0.1) is 5.82 Å². The Morgan fingerprint density at radius 2 is 1.95 bits per heavy atom. The number of barbiturate groups is 1. The van der Waals surface area contributed by atoms with Gasteiger partial charge in [-0.3, -0.25) is 19.8 Å². The number of likely N-dealkylation sites (N-methyl/N-ethyl adjacent to an activating group) is 1. The molecular formula is C15H13FN2O3. The van der Waals surface area contributed by atoms with Crippen LogP contribution < -0.4 is 5.32 Å². The second-order valence-corrected chi connectivity index (χ2v) is 4.27. The minimum absolute atomic E-state index is 0.159. The summed E-state index contributed by atoms with van der Waals surface area (Å²) in [6, 6.07) is 5.38. The molecule has 1 saturated heterocycles. The third-order valence-corrected chi connectivity index (χ3v) is 2.95. The predicted molar refractivity (Wildman–Crippen MR) is 74.4 cm³/mol. The summed E-state index contributed by atoms with van der Waals surface area (Å²) in [5.74, 6) is -1.82. The van der Waals surface area contributed by atoms with Crippen molar-refractivity contribution in [3.05, 3.63) is 53.4 Å². The number of urea groups is 1. The van der Waals surface area contributed by atoms with E-state index in [1.54, 1.807) is 25.1 Å². The molecule has 4 amide bonds. The van der Waals surface area contributed by atoms with Crippen molar-refractivity contribution in [2.45, 2.75) is 6.92 Å². The van der Waals surface area contributed by atoms with Crippen LogP contribution in [-0.4, -0.2) is 29.3 Å². The lowest BCUT2D eigenvalue weighted by Gasteiger charge is -2.24. The molecule has 0 atom stereocenters. The van der Waals surface area contributed by atoms with E-state index in [-0.39, 0.29) is 12.1 Å². The number of allylic oxidation sites excluding steroid dienone is 2. The molecule has 5 nitrogen and oxygen atoms in total. The number of amides is 4. The fourth-order valence-corrected chi connectivity index (χ4v) is 1.86. The van der Waals surface area contributed by atoms with Gasteiger partial charge in [0.2, 0.25) is 0 Å². The van der Waals surface area contributed by atoms with Gasteiger partial charge in [0.05, 0.1) is 0 Å². The average molecular weight is 288 g/mol. The molecule has 0 bridgehead atoms. The molecule has 0 saturated carbocycles. The van der Waals surface area contributed by atoms with E-state index in [0.29, 0.717) is 5.56 Å². The summed E-state index contributed by atoms with van der Waals surface area (Å²) in [5.41, 5.74) is 0.172. The Hall–Kier alpha value is -2.76. The molecule has 1 fully saturated rings. The highest BCUT2D eigenvalue weighted by Gasteiger charge is 2.34. The number of benzene rings is 1. The Morgan fingerprint density at radius 1 is 1.24 bits per heavy atom. The smallest absolute Gasteiger partial charge is 0.273 e. The monoisotopic (exact) mass is 288 g/mol. The minimum atomic E-state index is -0.757. The molecule has 1 aliphatic rings. The molecule has 1 aromatic carbocycles. The van der Waals surface area contributed by atoms with Gasteiger partial charge in [-0.2, -0.15) is 0 Å². The zero-order chi connectivity index (χ0) is 15.4. The van der Waals surface area contributed by atoms with Gasteiger partial charge in [-0.15, -0.1) is 0 Å². The molecule has 0 spiro atoms. The summed E-state index contributed by atoms with van der Waals surface area (Å²) in [4.78, 5) is 35.9. The summed E-state index contributed by atoms with van der Waals surface area (Å²) < 4.78 is 13.4. The Labute approximate surface area is 120 Å². The molecule has 0 radical (unpaired) electrons. The van der Waals surface area contributed by atoms with Crippen molar-refractivity contribution < 1.29 is 18.8 Å². The second-order valence-electron chi connectivity index (χ2n) is 4.27. The molecule has 6 heteroatoms. The van der Waals surface area contributed by atoms with E-state index in [1.807, 2.05) is 0 Å². The van der Waals surface area contributed by atoms with Crippen molar-refractivity contribution in [3.63, 3.8) is 0 Å². The fraction of sp³-hybridized carbons (Fsp3) is 0.133. The van der Waals surface area contributed by atoms with E-state index in [2.05, 4.69) is 5.32 Å². The Morgan fingerprint density at radius 3 is 2.62 bits per heavy atom. The number of nitrogens with one attached hydrogen (secondary N) is 1. The normalized spacial score (nSPS) is 17.7. The van der Waals surface area contributed by atoms with Crippen LogP contribution >= 0.6 is 0 Å². The van der Waals surface area contributed by atoms with Crippen LogP contribution in [0.1, 0.15) is 12.5 Å². The number of halogens is 1. The standard InChI is InChI=1S/C15H13FN2O3/c1-2-18-14(20)11(13(19)17-15(18)21)8-5-7-10-6-3-4-9-12(10)16/h3-9H,2H2,1H3,(H,17,19,21)/b7-5+,11-8-. The van der Waals surface area contributed by atoms with Gasteiger partial charge in [-0.25, -0.2) is 9.18 Å². The van der Waals surface area contributed by atoms with Crippen molar-refractivity contribution in [2.75, 3.05) is 6.54 Å². The number of rotatable bonds is 3. The molecule has 1 heterocycles. The van der Waals surface area contributed by atoms with Crippen molar-refractivity contribution >= 4 is 23.9 Å². The number of hydrogen-bond acceptors (Lipinski definition) is 3. The van der Waals surface area contributed by atoms with Crippen LogP contribution in [0.2, 0.25) is 0 Å². The molecule has 1 N–H and O–H groups in total. The predicted octanol–water partition coefficient (Wildman–Crippen LogP) is 1.86. The maximum absolute atomic E-state index is 13.4. The SMILES string of the molecule is CCN1C(=O)NC(=O)/C(=C/C=C/c2ccccc2F)C1=O. The van der Waals surface area contributed by atoms with E-state index in [1.165, 1.54) is 24.3 Å². The van der Waals surface area contributed by atoms with E-state index in [4.69, 9.17) is 0 Å². The van der Waals surface area contributed by atoms with Crippen molar-refractivity contribution in [3.8, 4) is 0 Å². The largest absolute Gasteiger partial charge is 0.331 e. The second kappa shape index (κ2) is 6.13. The first kappa shape index (κ1) is 14.6. The molecular weight excluding hydrogens is 275 g/mol. The maximum atomic E-state index is 13.4. The Balaban J connectivity index is 2.24. The fourth-order valence-electron chi connectivity index (χ4n) is 1.86. The van der Waals surface area contributed by atoms with Crippen LogP contribution in [-0.2, 0) is 9.59 Å². The number of carbonyl (C=O) groups excluding carboxylic acids is 3. The van der Waals surface area contributed by atoms with Gasteiger partial charge in [0.15, 0.2) is 0 Å². The van der Waals surface area contributed by atoms with Gasteiger partial charge >= 0.3 is 6.03 Å². The van der Waals surface area contributed by atoms with Gasteiger partial charge in [0.25, 0.3) is 11.8 Å². The molecule has 2 rings (SSSR count). The lowest BCUT2D eigenvalue weighted by Crippen LogP contribution is -2.53. The first-order chi connectivity index (χ1) is 10.0. The minimum Gasteiger partial charge on any atom is -0.273 e. The molecule has 108 valence electrons. The van der Waals surface area contributed by atoms with Gasteiger partial charge in [0.1, 0.15) is 11.4 Å². The highest BCUT2D eigenvalue weighted by atomic mass is 19.1. The zero-order valence-electron chi connectivity index (χ0n) is 11.3. The lowest BCUT2D eigenvalue weighted by molar-refractivity contribution is -0.130. The Bertz CT molecular complexity index is 665. The molecule has 0 unspecified atom stereocenters. The summed E-state index contributed by atoms with van der Waals surface area (Å²) in [5, 5.41) is 2.07. The van der Waals surface area contributed by atoms with E-state index in [0.717, 1.165) is 4.90 Å². The number of imide groups is 2. The molecule has 21 heavy (non-hydrogen) atoms. The zero-order valence-corrected chi connectivity index (χ0v) is 11.3. The summed E-state index contributed by atoms with van der Waals surface area (Å²) in [6.45, 7) is 1.78. The summed E-state index contributed by atoms with van der Waals surface area (Å²) in [6.07, 6.45) is 4.10. The van der Waals surface area contributed by atoms with E-state index >= 15 is 0 Å². The van der Waals surface area contributed by atoms with Crippen LogP contribution in [0.3, 0.4) is 0 Å². The van der Waals surface area contributed by atoms with Gasteiger partial charge in [-0.05, 0) is 19.1 Å². The van der Waals surface area contributed by atoms with Crippen molar-refractivity contribution in [2.24, 2.45) is 0 Å². The summed E-state index contributed by atoms with van der Waals surface area (Å²) >= 11 is 0. The van der Waals surface area contributed by atoms with E-state index in [9.17, 15) is 18.8 Å². The number of carbonyl (C=O) groups is 3. The molecule has 1 aromatic rings. The third-order valence-electron chi connectivity index (χ3n) is 2.95. The third kappa shape index (κ3) is 3.05. The van der Waals surface area contributed by atoms with Crippen LogP contribution in [0.25, 0.3) is 6.08 Å². The van der Waals surface area contributed by atoms with Gasteiger partial charge in [-0.1, -0.05) is 30.4 Å². The number of hydrogen-bond donors (Lipinski definition) is 1. The number of nitrogens with zero attached hydrogens (tertiary/aromatic N) is 1. The van der Waals surface area contributed by atoms with Crippen LogP contribution in [0.15, 0.2) is 42.0 Å². The topological polar surface area (TPSA) is 66.5 Å². The van der Waals surface area contributed by atoms with Gasteiger partial charge in [0, 0.05) is 12.1 Å². The van der Waals surface area contributed by atoms with E-state index < -0.39 is 23.7 Å². The molecule has 0 aromatic heterocycles. The van der Waals surface area contributed by atoms with Crippen LogP contribution in [0.5, 0.6) is 0 Å². The molecule has 0 aliphatic carbocycles. The quantitative estimate of drug-likeness (QED) is 0.682. The lowest BCUT2D eigenvalue weighted by atomic mass is 10.1. The summed E-state index contributed by atoms with van der Waals surface area (Å²) in [7, 11) is 0. The highest BCUT2D eigenvalue weighted by Crippen LogP contribution is 2.12. The Kier molecular flexibility index (Phi) is 4.27.